The summed E-state index contributed by atoms with van der Waals surface area (Å²) >= 11 is 1.79. The molecule has 0 radical (unpaired) electrons. The van der Waals surface area contributed by atoms with Crippen LogP contribution in [-0.2, 0) is 16.1 Å². The van der Waals surface area contributed by atoms with Crippen LogP contribution in [0.5, 0.6) is 0 Å². The van der Waals surface area contributed by atoms with Crippen LogP contribution in [0.25, 0.3) is 17.0 Å². The summed E-state index contributed by atoms with van der Waals surface area (Å²) in [5.41, 5.74) is 3.42. The van der Waals surface area contributed by atoms with E-state index in [0.29, 0.717) is 13.2 Å². The third-order valence-electron chi connectivity index (χ3n) is 6.64. The van der Waals surface area contributed by atoms with Crippen molar-refractivity contribution in [1.29, 1.82) is 0 Å². The lowest BCUT2D eigenvalue weighted by atomic mass is 10.1. The Morgan fingerprint density at radius 3 is 2.74 bits per heavy atom. The molecule has 1 fully saturated rings. The van der Waals surface area contributed by atoms with Gasteiger partial charge in [0.1, 0.15) is 0 Å². The predicted molar refractivity (Wildman–Crippen MR) is 142 cm³/mol. The molecule has 1 aromatic heterocycles. The van der Waals surface area contributed by atoms with E-state index >= 15 is 0 Å². The molecule has 0 saturated carbocycles. The number of aromatic nitrogens is 1. The first-order valence-electron chi connectivity index (χ1n) is 12.4. The number of nitrogens with one attached hydrogen (secondary N) is 1. The summed E-state index contributed by atoms with van der Waals surface area (Å²) in [6, 6.07) is 18.8. The molecule has 1 amide bonds. The smallest absolute Gasteiger partial charge is 0.286 e. The van der Waals surface area contributed by atoms with Gasteiger partial charge in [-0.25, -0.2) is 0 Å². The van der Waals surface area contributed by atoms with Crippen molar-refractivity contribution >= 4 is 40.3 Å². The highest BCUT2D eigenvalue weighted by Gasteiger charge is 2.22. The fraction of sp³-hybridized carbons (Fsp3) is 0.357. The molecular weight excluding hydrogens is 456 g/mol. The van der Waals surface area contributed by atoms with Gasteiger partial charge in [-0.15, -0.1) is 0 Å². The van der Waals surface area contributed by atoms with Gasteiger partial charge in [-0.05, 0) is 55.8 Å². The zero-order valence-electron chi connectivity index (χ0n) is 20.3. The lowest BCUT2D eigenvalue weighted by molar-refractivity contribution is -0.658. The minimum atomic E-state index is -0.00377. The van der Waals surface area contributed by atoms with Gasteiger partial charge in [-0.2, -0.15) is 4.57 Å². The van der Waals surface area contributed by atoms with Gasteiger partial charge in [-0.1, -0.05) is 36.0 Å². The zero-order chi connectivity index (χ0) is 24.0. The minimum absolute atomic E-state index is 0.00377. The fourth-order valence-electron chi connectivity index (χ4n) is 4.73. The second-order valence-corrected chi connectivity index (χ2v) is 10.1. The van der Waals surface area contributed by atoms with Gasteiger partial charge in [0, 0.05) is 37.2 Å². The van der Waals surface area contributed by atoms with Crippen LogP contribution in [0.4, 0.5) is 5.69 Å². The number of nitrogens with zero attached hydrogens (tertiary/aromatic N) is 3. The number of anilines is 1. The third-order valence-corrected chi connectivity index (χ3v) is 7.81. The standard InChI is InChI=1S/C28H32N4O2S/c1-30-25-10-4-5-11-26(25)35-28(30)20-22-12-16-32(24-9-3-2-8-23(22)24)21-27(33)29-13-18-34-19-17-31-14-6-7-15-31/h2-5,8-12,16,20H,6-7,13-15,17-19,21H2,1H3/p+1. The van der Waals surface area contributed by atoms with Crippen LogP contribution in [0.1, 0.15) is 18.4 Å². The Kier molecular flexibility index (Phi) is 7.66. The Morgan fingerprint density at radius 2 is 1.89 bits per heavy atom. The van der Waals surface area contributed by atoms with Gasteiger partial charge >= 0.3 is 0 Å². The molecule has 3 heterocycles. The molecule has 182 valence electrons. The summed E-state index contributed by atoms with van der Waals surface area (Å²) in [6.07, 6.45) is 6.83. The van der Waals surface area contributed by atoms with Crippen LogP contribution < -0.4 is 14.8 Å². The maximum Gasteiger partial charge on any atom is 0.286 e. The number of thioether (sulfide) groups is 1. The van der Waals surface area contributed by atoms with Crippen LogP contribution in [0.2, 0.25) is 0 Å². The van der Waals surface area contributed by atoms with Crippen molar-refractivity contribution in [1.82, 2.24) is 10.2 Å². The first kappa shape index (κ1) is 23.9. The van der Waals surface area contributed by atoms with Crippen molar-refractivity contribution in [2.24, 2.45) is 0 Å². The van der Waals surface area contributed by atoms with Gasteiger partial charge in [-0.3, -0.25) is 4.79 Å². The Hall–Kier alpha value is -2.87. The van der Waals surface area contributed by atoms with E-state index < -0.39 is 0 Å². The van der Waals surface area contributed by atoms with E-state index in [9.17, 15) is 4.79 Å². The summed E-state index contributed by atoms with van der Waals surface area (Å²) in [5.74, 6) is -0.00377. The van der Waals surface area contributed by atoms with Crippen molar-refractivity contribution in [2.75, 3.05) is 51.3 Å². The molecular formula is C28H33N4O2S+. The van der Waals surface area contributed by atoms with Crippen molar-refractivity contribution in [3.05, 3.63) is 71.4 Å². The average molecular weight is 490 g/mol. The summed E-state index contributed by atoms with van der Waals surface area (Å²) in [7, 11) is 2.11. The van der Waals surface area contributed by atoms with Gasteiger partial charge in [0.2, 0.25) is 12.1 Å². The largest absolute Gasteiger partial charge is 0.378 e. The number of likely N-dealkylation sites (tertiary alicyclic amines) is 1. The van der Waals surface area contributed by atoms with E-state index in [0.717, 1.165) is 29.6 Å². The van der Waals surface area contributed by atoms with Crippen molar-refractivity contribution in [3.8, 4) is 0 Å². The fourth-order valence-corrected chi connectivity index (χ4v) is 5.83. The molecule has 0 spiro atoms. The van der Waals surface area contributed by atoms with E-state index in [2.05, 4.69) is 76.8 Å². The maximum atomic E-state index is 12.6. The van der Waals surface area contributed by atoms with E-state index in [4.69, 9.17) is 4.74 Å². The molecule has 6 nitrogen and oxygen atoms in total. The minimum Gasteiger partial charge on any atom is -0.378 e. The van der Waals surface area contributed by atoms with E-state index in [1.165, 1.54) is 41.5 Å². The number of carbonyl (C=O) groups excluding carboxylic acids is 1. The first-order valence-corrected chi connectivity index (χ1v) is 13.2. The quantitative estimate of drug-likeness (QED) is 0.365. The van der Waals surface area contributed by atoms with E-state index in [1.807, 2.05) is 16.8 Å². The summed E-state index contributed by atoms with van der Waals surface area (Å²) < 4.78 is 7.72. The summed E-state index contributed by atoms with van der Waals surface area (Å²) in [5, 5.41) is 5.31. The number of benzene rings is 2. The van der Waals surface area contributed by atoms with Gasteiger partial charge in [0.15, 0.2) is 6.20 Å². The lowest BCUT2D eigenvalue weighted by Gasteiger charge is -2.14. The molecule has 1 N–H and O–H groups in total. The van der Waals surface area contributed by atoms with Crippen LogP contribution in [0.15, 0.2) is 70.7 Å². The van der Waals surface area contributed by atoms with Crippen LogP contribution in [-0.4, -0.2) is 57.2 Å². The molecule has 0 unspecified atom stereocenters. The SMILES string of the molecule is CN1/C(=C/c2cc[n+](CC(=O)NCCOCCN3CCCC3)c3ccccc23)Sc2ccccc21. The number of hydrogen-bond donors (Lipinski definition) is 1. The Bertz CT molecular complexity index is 1220. The maximum absolute atomic E-state index is 12.6. The highest BCUT2D eigenvalue weighted by atomic mass is 32.2. The third kappa shape index (κ3) is 5.69. The van der Waals surface area contributed by atoms with Crippen molar-refractivity contribution in [3.63, 3.8) is 0 Å². The second kappa shape index (κ2) is 11.2. The molecule has 1 saturated heterocycles. The van der Waals surface area contributed by atoms with Crippen molar-refractivity contribution < 1.29 is 14.1 Å². The Morgan fingerprint density at radius 1 is 1.09 bits per heavy atom. The molecule has 3 aromatic rings. The Labute approximate surface area is 211 Å². The molecule has 0 aliphatic carbocycles. The highest BCUT2D eigenvalue weighted by molar-refractivity contribution is 8.03. The zero-order valence-corrected chi connectivity index (χ0v) is 21.1. The van der Waals surface area contributed by atoms with E-state index in [-0.39, 0.29) is 12.5 Å². The van der Waals surface area contributed by atoms with Crippen LogP contribution >= 0.6 is 11.8 Å². The number of pyridine rings is 1. The molecule has 2 aliphatic heterocycles. The number of hydrogen-bond acceptors (Lipinski definition) is 5. The summed E-state index contributed by atoms with van der Waals surface area (Å²) in [6.45, 7) is 5.44. The molecule has 0 bridgehead atoms. The number of amides is 1. The molecule has 2 aliphatic rings. The van der Waals surface area contributed by atoms with Crippen LogP contribution in [0.3, 0.4) is 0 Å². The molecule has 0 atom stereocenters. The average Bonchev–Trinajstić information content (AvgIpc) is 3.51. The second-order valence-electron chi connectivity index (χ2n) is 9.04. The number of rotatable bonds is 9. The molecule has 2 aromatic carbocycles. The van der Waals surface area contributed by atoms with Crippen molar-refractivity contribution in [2.45, 2.75) is 24.3 Å². The summed E-state index contributed by atoms with van der Waals surface area (Å²) in [4.78, 5) is 18.5. The predicted octanol–water partition coefficient (Wildman–Crippen LogP) is 3.90. The number of para-hydroxylation sites is 2. The first-order chi connectivity index (χ1) is 17.2. The molecule has 35 heavy (non-hydrogen) atoms. The van der Waals surface area contributed by atoms with Gasteiger partial charge in [0.25, 0.3) is 5.91 Å². The van der Waals surface area contributed by atoms with Gasteiger partial charge in [0.05, 0.1) is 29.3 Å². The monoisotopic (exact) mass is 489 g/mol. The molecule has 5 rings (SSSR count). The number of carbonyl (C=O) groups is 1. The topological polar surface area (TPSA) is 48.7 Å². The highest BCUT2D eigenvalue weighted by Crippen LogP contribution is 2.45. The number of fused-ring (bicyclic) bond motifs is 2. The number of ether oxygens (including phenoxy) is 1. The normalized spacial score (nSPS) is 16.8. The lowest BCUT2D eigenvalue weighted by Crippen LogP contribution is -2.44. The van der Waals surface area contributed by atoms with E-state index in [1.54, 1.807) is 11.8 Å². The Balaban J connectivity index is 1.20. The van der Waals surface area contributed by atoms with Gasteiger partial charge < -0.3 is 19.9 Å². The molecule has 7 heteroatoms. The van der Waals surface area contributed by atoms with Crippen LogP contribution in [0, 0.1) is 0 Å².